The number of nitrogens with zero attached hydrogens (tertiary/aromatic N) is 1. The number of likely N-dealkylation sites (N-methyl/N-ethyl adjacent to an activating group) is 1. The van der Waals surface area contributed by atoms with Gasteiger partial charge in [0.15, 0.2) is 0 Å². The maximum absolute atomic E-state index is 9.52. The van der Waals surface area contributed by atoms with Crippen LogP contribution in [0.4, 0.5) is 5.69 Å². The van der Waals surface area contributed by atoms with E-state index in [-0.39, 0.29) is 12.1 Å². The quantitative estimate of drug-likeness (QED) is 0.851. The second-order valence-corrected chi connectivity index (χ2v) is 5.63. The van der Waals surface area contributed by atoms with Crippen molar-refractivity contribution < 1.29 is 5.11 Å². The predicted molar refractivity (Wildman–Crippen MR) is 76.3 cm³/mol. The Balaban J connectivity index is 2.22. The summed E-state index contributed by atoms with van der Waals surface area (Å²) < 4.78 is 0. The van der Waals surface area contributed by atoms with Crippen molar-refractivity contribution in [3.05, 3.63) is 29.3 Å². The third-order valence-corrected chi connectivity index (χ3v) is 3.94. The molecule has 0 aliphatic carbocycles. The molecule has 100 valence electrons. The zero-order valence-electron chi connectivity index (χ0n) is 11.7. The van der Waals surface area contributed by atoms with E-state index < -0.39 is 0 Å². The normalized spacial score (nSPS) is 18.3. The Bertz CT molecular complexity index is 413. The minimum atomic E-state index is -0.237. The summed E-state index contributed by atoms with van der Waals surface area (Å²) in [6.45, 7) is 6.28. The van der Waals surface area contributed by atoms with Crippen molar-refractivity contribution in [1.82, 2.24) is 5.32 Å². The average Bonchev–Trinajstić information content (AvgIpc) is 2.38. The first kappa shape index (κ1) is 13.4. The van der Waals surface area contributed by atoms with Gasteiger partial charge in [-0.05, 0) is 45.4 Å². The monoisotopic (exact) mass is 248 g/mol. The number of fused-ring (bicyclic) bond motifs is 1. The van der Waals surface area contributed by atoms with Crippen molar-refractivity contribution >= 4 is 5.69 Å². The van der Waals surface area contributed by atoms with E-state index in [2.05, 4.69) is 42.3 Å². The van der Waals surface area contributed by atoms with Gasteiger partial charge in [0, 0.05) is 18.8 Å². The fourth-order valence-corrected chi connectivity index (χ4v) is 2.60. The van der Waals surface area contributed by atoms with Gasteiger partial charge in [0.1, 0.15) is 0 Å². The zero-order chi connectivity index (χ0) is 13.2. The second kappa shape index (κ2) is 5.29. The number of aryl methyl sites for hydroxylation is 2. The summed E-state index contributed by atoms with van der Waals surface area (Å²) in [5.41, 5.74) is 3.87. The molecule has 0 fully saturated rings. The lowest BCUT2D eigenvalue weighted by atomic mass is 9.96. The number of hydrogen-bond acceptors (Lipinski definition) is 3. The largest absolute Gasteiger partial charge is 0.394 e. The third kappa shape index (κ3) is 2.68. The van der Waals surface area contributed by atoms with Crippen LogP contribution in [-0.2, 0) is 6.42 Å². The van der Waals surface area contributed by atoms with Crippen LogP contribution in [0.3, 0.4) is 0 Å². The maximum atomic E-state index is 9.52. The number of aliphatic hydroxyl groups is 1. The van der Waals surface area contributed by atoms with Crippen LogP contribution >= 0.6 is 0 Å². The lowest BCUT2D eigenvalue weighted by Crippen LogP contribution is -2.53. The first-order valence-electron chi connectivity index (χ1n) is 6.72. The number of hydrogen-bond donors (Lipinski definition) is 2. The van der Waals surface area contributed by atoms with Crippen molar-refractivity contribution in [2.24, 2.45) is 0 Å². The highest BCUT2D eigenvalue weighted by Gasteiger charge is 2.27. The lowest BCUT2D eigenvalue weighted by Gasteiger charge is -2.38. The van der Waals surface area contributed by atoms with Crippen LogP contribution in [0.1, 0.15) is 24.5 Å². The van der Waals surface area contributed by atoms with Gasteiger partial charge in [-0.1, -0.05) is 17.7 Å². The van der Waals surface area contributed by atoms with Crippen LogP contribution in [0.25, 0.3) is 0 Å². The molecule has 2 rings (SSSR count). The standard InChI is InChI=1S/C15H24N2O/c1-12-6-7-14-13(9-12)5-4-8-17(14)10-15(2,11-18)16-3/h6-7,9,16,18H,4-5,8,10-11H2,1-3H3. The molecule has 1 heterocycles. The van der Waals surface area contributed by atoms with Crippen LogP contribution in [0.15, 0.2) is 18.2 Å². The van der Waals surface area contributed by atoms with Gasteiger partial charge in [0.2, 0.25) is 0 Å². The van der Waals surface area contributed by atoms with Crippen molar-refractivity contribution in [3.63, 3.8) is 0 Å². The average molecular weight is 248 g/mol. The Morgan fingerprint density at radius 1 is 1.44 bits per heavy atom. The van der Waals surface area contributed by atoms with Crippen LogP contribution < -0.4 is 10.2 Å². The summed E-state index contributed by atoms with van der Waals surface area (Å²) in [5, 5.41) is 12.7. The fraction of sp³-hybridized carbons (Fsp3) is 0.600. The molecule has 0 amide bonds. The van der Waals surface area contributed by atoms with Gasteiger partial charge in [-0.2, -0.15) is 0 Å². The van der Waals surface area contributed by atoms with Crippen LogP contribution in [0.2, 0.25) is 0 Å². The molecule has 0 saturated carbocycles. The molecule has 0 aromatic heterocycles. The Hall–Kier alpha value is -1.06. The van der Waals surface area contributed by atoms with E-state index in [1.54, 1.807) is 0 Å². The second-order valence-electron chi connectivity index (χ2n) is 5.63. The van der Waals surface area contributed by atoms with Crippen LogP contribution in [0.5, 0.6) is 0 Å². The molecule has 0 saturated heterocycles. The molecule has 1 unspecified atom stereocenters. The number of anilines is 1. The van der Waals surface area contributed by atoms with Gasteiger partial charge < -0.3 is 15.3 Å². The minimum Gasteiger partial charge on any atom is -0.394 e. The smallest absolute Gasteiger partial charge is 0.0627 e. The van der Waals surface area contributed by atoms with Crippen molar-refractivity contribution in [2.45, 2.75) is 32.2 Å². The van der Waals surface area contributed by atoms with E-state index in [4.69, 9.17) is 0 Å². The summed E-state index contributed by atoms with van der Waals surface area (Å²) in [7, 11) is 1.91. The number of aliphatic hydroxyl groups excluding tert-OH is 1. The molecule has 0 radical (unpaired) electrons. The molecule has 1 aliphatic rings. The molecule has 3 heteroatoms. The highest BCUT2D eigenvalue weighted by molar-refractivity contribution is 5.57. The Morgan fingerprint density at radius 2 is 2.22 bits per heavy atom. The Labute approximate surface area is 110 Å². The molecule has 18 heavy (non-hydrogen) atoms. The van der Waals surface area contributed by atoms with Gasteiger partial charge in [-0.15, -0.1) is 0 Å². The van der Waals surface area contributed by atoms with E-state index in [1.165, 1.54) is 29.7 Å². The summed E-state index contributed by atoms with van der Waals surface area (Å²) in [6.07, 6.45) is 2.37. The topological polar surface area (TPSA) is 35.5 Å². The molecule has 1 aromatic rings. The summed E-state index contributed by atoms with van der Waals surface area (Å²) in [5.74, 6) is 0. The highest BCUT2D eigenvalue weighted by atomic mass is 16.3. The van der Waals surface area contributed by atoms with Gasteiger partial charge in [-0.25, -0.2) is 0 Å². The van der Waals surface area contributed by atoms with Crippen molar-refractivity contribution in [2.75, 3.05) is 31.6 Å². The third-order valence-electron chi connectivity index (χ3n) is 3.94. The molecule has 1 aliphatic heterocycles. The van der Waals surface area contributed by atoms with E-state index in [0.29, 0.717) is 0 Å². The van der Waals surface area contributed by atoms with Gasteiger partial charge in [-0.3, -0.25) is 0 Å². The van der Waals surface area contributed by atoms with E-state index in [0.717, 1.165) is 13.1 Å². The molecule has 0 bridgehead atoms. The number of rotatable bonds is 4. The summed E-state index contributed by atoms with van der Waals surface area (Å²) >= 11 is 0. The van der Waals surface area contributed by atoms with E-state index >= 15 is 0 Å². The van der Waals surface area contributed by atoms with Crippen molar-refractivity contribution in [3.8, 4) is 0 Å². The lowest BCUT2D eigenvalue weighted by molar-refractivity contribution is 0.185. The summed E-state index contributed by atoms with van der Waals surface area (Å²) in [6, 6.07) is 6.68. The zero-order valence-corrected chi connectivity index (χ0v) is 11.7. The Kier molecular flexibility index (Phi) is 3.93. The molecular formula is C15H24N2O. The minimum absolute atomic E-state index is 0.154. The first-order valence-corrected chi connectivity index (χ1v) is 6.72. The van der Waals surface area contributed by atoms with E-state index in [9.17, 15) is 5.11 Å². The fourth-order valence-electron chi connectivity index (χ4n) is 2.60. The highest BCUT2D eigenvalue weighted by Crippen LogP contribution is 2.28. The van der Waals surface area contributed by atoms with Gasteiger partial charge in [0.25, 0.3) is 0 Å². The predicted octanol–water partition coefficient (Wildman–Crippen LogP) is 1.72. The molecular weight excluding hydrogens is 224 g/mol. The van der Waals surface area contributed by atoms with Crippen molar-refractivity contribution in [1.29, 1.82) is 0 Å². The number of nitrogens with one attached hydrogen (secondary N) is 1. The van der Waals surface area contributed by atoms with E-state index in [1.807, 2.05) is 7.05 Å². The SMILES string of the molecule is CNC(C)(CO)CN1CCCc2cc(C)ccc21. The summed E-state index contributed by atoms with van der Waals surface area (Å²) in [4.78, 5) is 2.39. The van der Waals surface area contributed by atoms with Crippen LogP contribution in [-0.4, -0.2) is 37.4 Å². The first-order chi connectivity index (χ1) is 8.58. The van der Waals surface area contributed by atoms with Crippen LogP contribution in [0, 0.1) is 6.92 Å². The van der Waals surface area contributed by atoms with Gasteiger partial charge >= 0.3 is 0 Å². The molecule has 3 nitrogen and oxygen atoms in total. The number of benzene rings is 1. The van der Waals surface area contributed by atoms with Gasteiger partial charge in [0.05, 0.1) is 12.1 Å². The molecule has 1 atom stereocenters. The molecule has 2 N–H and O–H groups in total. The molecule has 1 aromatic carbocycles. The maximum Gasteiger partial charge on any atom is 0.0627 e. The molecule has 0 spiro atoms. The Morgan fingerprint density at radius 3 is 2.89 bits per heavy atom.